The molecule has 26 heavy (non-hydrogen) atoms. The van der Waals surface area contributed by atoms with E-state index in [1.165, 1.54) is 6.26 Å². The van der Waals surface area contributed by atoms with Crippen molar-refractivity contribution in [2.45, 2.75) is 32.9 Å². The van der Waals surface area contributed by atoms with Gasteiger partial charge in [0.2, 0.25) is 0 Å². The van der Waals surface area contributed by atoms with Crippen LogP contribution < -0.4 is 10.2 Å². The molecule has 8 heteroatoms. The van der Waals surface area contributed by atoms with Crippen molar-refractivity contribution in [2.75, 3.05) is 43.2 Å². The summed E-state index contributed by atoms with van der Waals surface area (Å²) in [6.45, 7) is 8.68. The van der Waals surface area contributed by atoms with Gasteiger partial charge in [0.05, 0.1) is 5.88 Å². The zero-order valence-corrected chi connectivity index (χ0v) is 16.8. The molecular weight excluding hydrogens is 354 g/mol. The van der Waals surface area contributed by atoms with Gasteiger partial charge in [-0.3, -0.25) is 5.32 Å². The molecule has 7 nitrogen and oxygen atoms in total. The maximum atomic E-state index is 12.2. The molecule has 1 saturated heterocycles. The molecule has 1 aromatic carbocycles. The number of piperazine rings is 1. The van der Waals surface area contributed by atoms with Gasteiger partial charge in [-0.25, -0.2) is 13.2 Å². The van der Waals surface area contributed by atoms with E-state index in [1.54, 1.807) is 4.90 Å². The predicted octanol–water partition coefficient (Wildman–Crippen LogP) is 1.84. The topological polar surface area (TPSA) is 79.0 Å². The highest BCUT2D eigenvalue weighted by atomic mass is 32.2. The first-order valence-electron chi connectivity index (χ1n) is 8.74. The standard InChI is InChI=1S/C18H29N3O4S/c1-18(2,3)25-17(22)21-11-9-20(10-12-21)16-8-6-5-7-15(16)13-19-14-26(4,23)24/h5-8,19H,9-14H2,1-4H3. The molecule has 0 radical (unpaired) electrons. The molecule has 0 saturated carbocycles. The largest absolute Gasteiger partial charge is 0.444 e. The number of hydrogen-bond acceptors (Lipinski definition) is 6. The highest BCUT2D eigenvalue weighted by Crippen LogP contribution is 2.22. The van der Waals surface area contributed by atoms with Crippen molar-refractivity contribution in [1.82, 2.24) is 10.2 Å². The molecule has 0 spiro atoms. The molecule has 0 aliphatic carbocycles. The van der Waals surface area contributed by atoms with Gasteiger partial charge >= 0.3 is 6.09 Å². The quantitative estimate of drug-likeness (QED) is 0.836. The monoisotopic (exact) mass is 383 g/mol. The number of carbonyl (C=O) groups excluding carboxylic acids is 1. The lowest BCUT2D eigenvalue weighted by Crippen LogP contribution is -2.50. The summed E-state index contributed by atoms with van der Waals surface area (Å²) in [5.41, 5.74) is 1.62. The van der Waals surface area contributed by atoms with Crippen molar-refractivity contribution in [3.8, 4) is 0 Å². The second-order valence-corrected chi connectivity index (χ2v) is 9.72. The number of sulfone groups is 1. The van der Waals surface area contributed by atoms with Crippen LogP contribution in [0.15, 0.2) is 24.3 Å². The molecule has 0 atom stereocenters. The lowest BCUT2D eigenvalue weighted by Gasteiger charge is -2.37. The molecule has 1 fully saturated rings. The van der Waals surface area contributed by atoms with Gasteiger partial charge in [0, 0.05) is 44.7 Å². The number of nitrogens with one attached hydrogen (secondary N) is 1. The molecule has 2 rings (SSSR count). The second kappa shape index (κ2) is 8.26. The van der Waals surface area contributed by atoms with E-state index in [0.717, 1.165) is 11.3 Å². The minimum absolute atomic E-state index is 0.0479. The maximum absolute atomic E-state index is 12.2. The van der Waals surface area contributed by atoms with E-state index in [1.807, 2.05) is 45.0 Å². The summed E-state index contributed by atoms with van der Waals surface area (Å²) in [6.07, 6.45) is 0.933. The zero-order chi connectivity index (χ0) is 19.4. The number of ether oxygens (including phenoxy) is 1. The average molecular weight is 384 g/mol. The Balaban J connectivity index is 1.96. The number of para-hydroxylation sites is 1. The van der Waals surface area contributed by atoms with Crippen LogP contribution in [0, 0.1) is 0 Å². The second-order valence-electron chi connectivity index (χ2n) is 7.58. The van der Waals surface area contributed by atoms with Gasteiger partial charge in [-0.05, 0) is 32.4 Å². The van der Waals surface area contributed by atoms with Crippen LogP contribution >= 0.6 is 0 Å². The van der Waals surface area contributed by atoms with Gasteiger partial charge < -0.3 is 14.5 Å². The minimum atomic E-state index is -3.05. The highest BCUT2D eigenvalue weighted by Gasteiger charge is 2.26. The summed E-state index contributed by atoms with van der Waals surface area (Å²) in [4.78, 5) is 16.1. The van der Waals surface area contributed by atoms with E-state index in [9.17, 15) is 13.2 Å². The number of rotatable bonds is 5. The van der Waals surface area contributed by atoms with Crippen LogP contribution in [0.4, 0.5) is 10.5 Å². The summed E-state index contributed by atoms with van der Waals surface area (Å²) in [6, 6.07) is 7.93. The Morgan fingerprint density at radius 3 is 2.35 bits per heavy atom. The van der Waals surface area contributed by atoms with Gasteiger partial charge in [0.15, 0.2) is 9.84 Å². The molecular formula is C18H29N3O4S. The first-order chi connectivity index (χ1) is 12.1. The number of amides is 1. The Morgan fingerprint density at radius 1 is 1.15 bits per heavy atom. The van der Waals surface area contributed by atoms with Crippen molar-refractivity contribution < 1.29 is 17.9 Å². The first kappa shape index (κ1) is 20.5. The van der Waals surface area contributed by atoms with Crippen molar-refractivity contribution in [1.29, 1.82) is 0 Å². The third-order valence-corrected chi connectivity index (χ3v) is 4.67. The third kappa shape index (κ3) is 6.49. The number of carbonyl (C=O) groups is 1. The molecule has 1 aromatic rings. The molecule has 1 aliphatic rings. The summed E-state index contributed by atoms with van der Waals surface area (Å²) < 4.78 is 28.0. The molecule has 0 bridgehead atoms. The van der Waals surface area contributed by atoms with E-state index in [4.69, 9.17) is 4.74 Å². The molecule has 1 aliphatic heterocycles. The highest BCUT2D eigenvalue weighted by molar-refractivity contribution is 7.90. The summed E-state index contributed by atoms with van der Waals surface area (Å²) in [5, 5.41) is 2.97. The van der Waals surface area contributed by atoms with Gasteiger partial charge in [0.1, 0.15) is 5.60 Å². The minimum Gasteiger partial charge on any atom is -0.444 e. The fourth-order valence-corrected chi connectivity index (χ4v) is 3.27. The van der Waals surface area contributed by atoms with Crippen LogP contribution in [-0.2, 0) is 21.1 Å². The number of benzene rings is 1. The van der Waals surface area contributed by atoms with Crippen LogP contribution in [0.3, 0.4) is 0 Å². The van der Waals surface area contributed by atoms with Crippen LogP contribution in [-0.4, -0.2) is 63.3 Å². The van der Waals surface area contributed by atoms with E-state index < -0.39 is 15.4 Å². The summed E-state index contributed by atoms with van der Waals surface area (Å²) in [7, 11) is -3.05. The van der Waals surface area contributed by atoms with E-state index in [-0.39, 0.29) is 12.0 Å². The van der Waals surface area contributed by atoms with Crippen molar-refractivity contribution in [3.05, 3.63) is 29.8 Å². The van der Waals surface area contributed by atoms with Crippen molar-refractivity contribution in [3.63, 3.8) is 0 Å². The number of hydrogen-bond donors (Lipinski definition) is 1. The van der Waals surface area contributed by atoms with E-state index in [0.29, 0.717) is 32.7 Å². The fourth-order valence-electron chi connectivity index (χ4n) is 2.80. The molecule has 1 N–H and O–H groups in total. The maximum Gasteiger partial charge on any atom is 0.410 e. The summed E-state index contributed by atoms with van der Waals surface area (Å²) in [5.74, 6) is -0.0479. The lowest BCUT2D eigenvalue weighted by molar-refractivity contribution is 0.0240. The smallest absolute Gasteiger partial charge is 0.410 e. The van der Waals surface area contributed by atoms with Crippen molar-refractivity contribution >= 4 is 21.6 Å². The van der Waals surface area contributed by atoms with Crippen LogP contribution in [0.1, 0.15) is 26.3 Å². The Bertz CT molecular complexity index is 720. The summed E-state index contributed by atoms with van der Waals surface area (Å²) >= 11 is 0. The van der Waals surface area contributed by atoms with Crippen LogP contribution in [0.2, 0.25) is 0 Å². The zero-order valence-electron chi connectivity index (χ0n) is 16.0. The number of nitrogens with zero attached hydrogens (tertiary/aromatic N) is 2. The molecule has 0 aromatic heterocycles. The molecule has 146 valence electrons. The average Bonchev–Trinajstić information content (AvgIpc) is 2.53. The first-order valence-corrected chi connectivity index (χ1v) is 10.8. The van der Waals surface area contributed by atoms with E-state index >= 15 is 0 Å². The fraction of sp³-hybridized carbons (Fsp3) is 0.611. The molecule has 0 unspecified atom stereocenters. The van der Waals surface area contributed by atoms with Crippen LogP contribution in [0.25, 0.3) is 0 Å². The Morgan fingerprint density at radius 2 is 1.77 bits per heavy atom. The van der Waals surface area contributed by atoms with E-state index in [2.05, 4.69) is 10.2 Å². The van der Waals surface area contributed by atoms with Gasteiger partial charge in [-0.15, -0.1) is 0 Å². The van der Waals surface area contributed by atoms with Gasteiger partial charge in [-0.2, -0.15) is 0 Å². The van der Waals surface area contributed by atoms with Gasteiger partial charge in [0.25, 0.3) is 0 Å². The Labute approximate surface area is 156 Å². The van der Waals surface area contributed by atoms with Gasteiger partial charge in [-0.1, -0.05) is 18.2 Å². The molecule has 1 heterocycles. The van der Waals surface area contributed by atoms with Crippen LogP contribution in [0.5, 0.6) is 0 Å². The molecule has 1 amide bonds. The lowest BCUT2D eigenvalue weighted by atomic mass is 10.1. The predicted molar refractivity (Wildman–Crippen MR) is 103 cm³/mol. The van der Waals surface area contributed by atoms with Crippen molar-refractivity contribution in [2.24, 2.45) is 0 Å². The number of anilines is 1. The Hall–Kier alpha value is -1.80. The normalized spacial score (nSPS) is 15.8. The third-order valence-electron chi connectivity index (χ3n) is 3.94. The Kier molecular flexibility index (Phi) is 6.52. The SMILES string of the molecule is CC(C)(C)OC(=O)N1CCN(c2ccccc2CNCS(C)(=O)=O)CC1.